The number of halogens is 1. The van der Waals surface area contributed by atoms with E-state index in [-0.39, 0.29) is 30.9 Å². The summed E-state index contributed by atoms with van der Waals surface area (Å²) in [7, 11) is 0. The first-order valence-electron chi connectivity index (χ1n) is 8.70. The van der Waals surface area contributed by atoms with Crippen LogP contribution in [-0.2, 0) is 4.79 Å². The van der Waals surface area contributed by atoms with E-state index in [1.54, 1.807) is 30.5 Å². The molecule has 0 radical (unpaired) electrons. The fourth-order valence-electron chi connectivity index (χ4n) is 2.63. The molecule has 0 unspecified atom stereocenters. The molecule has 0 fully saturated rings. The molecule has 0 saturated heterocycles. The Morgan fingerprint density at radius 2 is 1.81 bits per heavy atom. The molecule has 0 saturated carbocycles. The van der Waals surface area contributed by atoms with Gasteiger partial charge < -0.3 is 19.8 Å². The Labute approximate surface area is 157 Å². The molecule has 0 bridgehead atoms. The van der Waals surface area contributed by atoms with Crippen molar-refractivity contribution in [3.63, 3.8) is 0 Å². The van der Waals surface area contributed by atoms with Gasteiger partial charge in [-0.05, 0) is 29.8 Å². The van der Waals surface area contributed by atoms with Crippen molar-refractivity contribution in [3.05, 3.63) is 90.1 Å². The lowest BCUT2D eigenvalue weighted by Gasteiger charge is -2.17. The maximum Gasteiger partial charge on any atom is 0.234 e. The van der Waals surface area contributed by atoms with Crippen molar-refractivity contribution in [3.8, 4) is 5.75 Å². The number of hydrogen-bond donors (Lipinski definition) is 2. The fourth-order valence-corrected chi connectivity index (χ4v) is 2.63. The Balaban J connectivity index is 1.46. The van der Waals surface area contributed by atoms with E-state index in [0.29, 0.717) is 12.3 Å². The average Bonchev–Trinajstić information content (AvgIpc) is 3.22. The molecule has 1 atom stereocenters. The van der Waals surface area contributed by atoms with Crippen LogP contribution < -0.4 is 15.4 Å². The Kier molecular flexibility index (Phi) is 6.60. The molecule has 0 spiro atoms. The van der Waals surface area contributed by atoms with E-state index in [1.807, 2.05) is 36.4 Å². The third-order valence-corrected chi connectivity index (χ3v) is 3.92. The van der Waals surface area contributed by atoms with Gasteiger partial charge in [0.1, 0.15) is 18.4 Å². The topological polar surface area (TPSA) is 63.5 Å². The molecule has 2 N–H and O–H groups in total. The molecule has 2 aromatic carbocycles. The molecule has 27 heavy (non-hydrogen) atoms. The molecule has 0 aliphatic rings. The summed E-state index contributed by atoms with van der Waals surface area (Å²) in [4.78, 5) is 12.3. The van der Waals surface area contributed by atoms with Gasteiger partial charge in [0.25, 0.3) is 0 Å². The minimum atomic E-state index is -0.403. The maximum absolute atomic E-state index is 13.4. The van der Waals surface area contributed by atoms with Crippen LogP contribution in [0.2, 0.25) is 0 Å². The fraction of sp³-hybridized carbons (Fsp3) is 0.190. The van der Waals surface area contributed by atoms with E-state index >= 15 is 0 Å². The highest BCUT2D eigenvalue weighted by Crippen LogP contribution is 2.22. The molecule has 5 nitrogen and oxygen atoms in total. The van der Waals surface area contributed by atoms with Gasteiger partial charge in [-0.2, -0.15) is 0 Å². The number of furan rings is 1. The molecule has 1 aromatic heterocycles. The minimum absolute atomic E-state index is 0.116. The zero-order valence-electron chi connectivity index (χ0n) is 14.7. The molecule has 3 aromatic rings. The normalized spacial score (nSPS) is 11.7. The van der Waals surface area contributed by atoms with Crippen LogP contribution in [0.5, 0.6) is 5.75 Å². The lowest BCUT2D eigenvalue weighted by atomic mass is 10.0. The Morgan fingerprint density at radius 1 is 1.04 bits per heavy atom. The van der Waals surface area contributed by atoms with Gasteiger partial charge in [0.15, 0.2) is 11.6 Å². The maximum atomic E-state index is 13.4. The second kappa shape index (κ2) is 9.54. The van der Waals surface area contributed by atoms with E-state index in [9.17, 15) is 9.18 Å². The van der Waals surface area contributed by atoms with Crippen LogP contribution in [-0.4, -0.2) is 25.6 Å². The predicted octanol–water partition coefficient (Wildman–Crippen LogP) is 3.29. The third kappa shape index (κ3) is 5.43. The number of para-hydroxylation sites is 1. The van der Waals surface area contributed by atoms with E-state index in [2.05, 4.69) is 10.6 Å². The van der Waals surface area contributed by atoms with Gasteiger partial charge >= 0.3 is 0 Å². The molecule has 140 valence electrons. The molecule has 3 rings (SSSR count). The van der Waals surface area contributed by atoms with Gasteiger partial charge in [-0.3, -0.25) is 4.79 Å². The Morgan fingerprint density at radius 3 is 2.56 bits per heavy atom. The van der Waals surface area contributed by atoms with Crippen LogP contribution in [0.1, 0.15) is 17.4 Å². The number of hydrogen-bond acceptors (Lipinski definition) is 4. The van der Waals surface area contributed by atoms with E-state index in [1.165, 1.54) is 6.07 Å². The highest BCUT2D eigenvalue weighted by molar-refractivity contribution is 5.78. The van der Waals surface area contributed by atoms with Crippen LogP contribution in [0.4, 0.5) is 4.39 Å². The van der Waals surface area contributed by atoms with Crippen molar-refractivity contribution in [1.29, 1.82) is 0 Å². The molecule has 0 aliphatic heterocycles. The van der Waals surface area contributed by atoms with Crippen molar-refractivity contribution < 1.29 is 18.3 Å². The summed E-state index contributed by atoms with van der Waals surface area (Å²) in [5.74, 6) is 0.286. The first-order valence-corrected chi connectivity index (χ1v) is 8.70. The van der Waals surface area contributed by atoms with Crippen LogP contribution in [0.15, 0.2) is 77.4 Å². The standard InChI is InChI=1S/C21H21FN2O3/c22-17-9-4-5-10-18(17)27-14-12-23-15-20(25)24-21(19-11-6-13-26-19)16-7-2-1-3-8-16/h1-11,13,21,23H,12,14-15H2,(H,24,25)/t21-/m1/s1. The second-order valence-corrected chi connectivity index (χ2v) is 5.88. The second-order valence-electron chi connectivity index (χ2n) is 5.88. The van der Waals surface area contributed by atoms with Crippen LogP contribution in [0.3, 0.4) is 0 Å². The lowest BCUT2D eigenvalue weighted by Crippen LogP contribution is -2.37. The molecular weight excluding hydrogens is 347 g/mol. The lowest BCUT2D eigenvalue weighted by molar-refractivity contribution is -0.120. The smallest absolute Gasteiger partial charge is 0.234 e. The Bertz CT molecular complexity index is 838. The van der Waals surface area contributed by atoms with E-state index in [4.69, 9.17) is 9.15 Å². The first kappa shape index (κ1) is 18.7. The minimum Gasteiger partial charge on any atom is -0.489 e. The van der Waals surface area contributed by atoms with E-state index in [0.717, 1.165) is 5.56 Å². The summed E-state index contributed by atoms with van der Waals surface area (Å²) >= 11 is 0. The SMILES string of the molecule is O=C(CNCCOc1ccccc1F)N[C@H](c1ccccc1)c1ccco1. The summed E-state index contributed by atoms with van der Waals surface area (Å²) in [5.41, 5.74) is 0.934. The third-order valence-electron chi connectivity index (χ3n) is 3.92. The largest absolute Gasteiger partial charge is 0.489 e. The molecule has 1 heterocycles. The zero-order valence-corrected chi connectivity index (χ0v) is 14.7. The van der Waals surface area contributed by atoms with Crippen molar-refractivity contribution in [2.45, 2.75) is 6.04 Å². The summed E-state index contributed by atoms with van der Waals surface area (Å²) in [5, 5.41) is 5.94. The van der Waals surface area contributed by atoms with E-state index < -0.39 is 5.82 Å². The van der Waals surface area contributed by atoms with Crippen molar-refractivity contribution in [1.82, 2.24) is 10.6 Å². The number of carbonyl (C=O) groups is 1. The van der Waals surface area contributed by atoms with Gasteiger partial charge in [-0.25, -0.2) is 4.39 Å². The number of benzene rings is 2. The van der Waals surface area contributed by atoms with Crippen molar-refractivity contribution in [2.75, 3.05) is 19.7 Å². The number of nitrogens with one attached hydrogen (secondary N) is 2. The summed E-state index contributed by atoms with van der Waals surface area (Å²) in [6.07, 6.45) is 1.58. The van der Waals surface area contributed by atoms with Crippen molar-refractivity contribution in [2.24, 2.45) is 0 Å². The molecule has 6 heteroatoms. The van der Waals surface area contributed by atoms with Crippen molar-refractivity contribution >= 4 is 5.91 Å². The average molecular weight is 368 g/mol. The van der Waals surface area contributed by atoms with Gasteiger partial charge in [0, 0.05) is 6.54 Å². The van der Waals surface area contributed by atoms with Gasteiger partial charge in [-0.1, -0.05) is 42.5 Å². The summed E-state index contributed by atoms with van der Waals surface area (Å²) in [6.45, 7) is 0.789. The predicted molar refractivity (Wildman–Crippen MR) is 99.9 cm³/mol. The number of carbonyl (C=O) groups excluding carboxylic acids is 1. The van der Waals surface area contributed by atoms with Crippen LogP contribution in [0.25, 0.3) is 0 Å². The van der Waals surface area contributed by atoms with Gasteiger partial charge in [0.2, 0.25) is 5.91 Å². The molecule has 1 amide bonds. The highest BCUT2D eigenvalue weighted by Gasteiger charge is 2.18. The monoisotopic (exact) mass is 368 g/mol. The van der Waals surface area contributed by atoms with Crippen LogP contribution >= 0.6 is 0 Å². The summed E-state index contributed by atoms with van der Waals surface area (Å²) < 4.78 is 24.3. The molecular formula is C21H21FN2O3. The highest BCUT2D eigenvalue weighted by atomic mass is 19.1. The number of amides is 1. The number of rotatable bonds is 9. The first-order chi connectivity index (χ1) is 13.2. The van der Waals surface area contributed by atoms with Gasteiger partial charge in [0.05, 0.1) is 12.8 Å². The van der Waals surface area contributed by atoms with Crippen LogP contribution in [0, 0.1) is 5.82 Å². The Hall–Kier alpha value is -3.12. The quantitative estimate of drug-likeness (QED) is 0.569. The summed E-state index contributed by atoms with van der Waals surface area (Å²) in [6, 6.07) is 19.1. The van der Waals surface area contributed by atoms with Gasteiger partial charge in [-0.15, -0.1) is 0 Å². The number of ether oxygens (including phenoxy) is 1. The molecule has 0 aliphatic carbocycles. The zero-order chi connectivity index (χ0) is 18.9.